The average molecular weight is 330 g/mol. The van der Waals surface area contributed by atoms with E-state index in [9.17, 15) is 4.79 Å². The van der Waals surface area contributed by atoms with E-state index >= 15 is 0 Å². The van der Waals surface area contributed by atoms with E-state index < -0.39 is 0 Å². The smallest absolute Gasteiger partial charge is 0.233 e. The van der Waals surface area contributed by atoms with Crippen molar-refractivity contribution >= 4 is 17.7 Å². The first-order valence-electron chi connectivity index (χ1n) is 7.64. The quantitative estimate of drug-likeness (QED) is 0.597. The molecule has 0 aliphatic rings. The van der Waals surface area contributed by atoms with Gasteiger partial charge >= 0.3 is 0 Å². The summed E-state index contributed by atoms with van der Waals surface area (Å²) in [5.74, 6) is 0.846. The first-order valence-corrected chi connectivity index (χ1v) is 8.52. The molecule has 1 amide bonds. The second kappa shape index (κ2) is 8.53. The van der Waals surface area contributed by atoms with Crippen LogP contribution in [0, 0.1) is 6.92 Å². The van der Waals surface area contributed by atoms with Crippen LogP contribution < -0.4 is 5.32 Å². The zero-order valence-corrected chi connectivity index (χ0v) is 14.3. The topological polar surface area (TPSA) is 59.8 Å². The van der Waals surface area contributed by atoms with Crippen LogP contribution >= 0.6 is 11.8 Å². The van der Waals surface area contributed by atoms with Crippen molar-refractivity contribution in [1.82, 2.24) is 20.1 Å². The van der Waals surface area contributed by atoms with E-state index in [1.54, 1.807) is 6.08 Å². The number of aromatic nitrogens is 3. The molecule has 2 aromatic rings. The van der Waals surface area contributed by atoms with Gasteiger partial charge in [-0.05, 0) is 18.9 Å². The second-order valence-corrected chi connectivity index (χ2v) is 6.32. The van der Waals surface area contributed by atoms with Gasteiger partial charge in [-0.3, -0.25) is 4.79 Å². The molecule has 0 fully saturated rings. The summed E-state index contributed by atoms with van der Waals surface area (Å²) in [6.07, 6.45) is 2.53. The van der Waals surface area contributed by atoms with Crippen molar-refractivity contribution in [1.29, 1.82) is 0 Å². The maximum absolute atomic E-state index is 12.4. The molecular weight excluding hydrogens is 308 g/mol. The molecule has 6 heteroatoms. The Bertz CT molecular complexity index is 654. The van der Waals surface area contributed by atoms with Gasteiger partial charge in [0.25, 0.3) is 0 Å². The fourth-order valence-corrected chi connectivity index (χ4v) is 3.17. The third-order valence-electron chi connectivity index (χ3n) is 3.43. The first-order chi connectivity index (χ1) is 11.2. The number of rotatable bonds is 8. The lowest BCUT2D eigenvalue weighted by molar-refractivity contribution is -0.120. The number of nitrogens with zero attached hydrogens (tertiary/aromatic N) is 3. The van der Waals surface area contributed by atoms with Crippen LogP contribution in [0.2, 0.25) is 0 Å². The highest BCUT2D eigenvalue weighted by atomic mass is 32.2. The van der Waals surface area contributed by atoms with Crippen LogP contribution in [0.3, 0.4) is 0 Å². The number of hydrogen-bond donors (Lipinski definition) is 1. The molecule has 0 aliphatic carbocycles. The Kier molecular flexibility index (Phi) is 6.40. The van der Waals surface area contributed by atoms with Crippen LogP contribution in [0.4, 0.5) is 0 Å². The Hall–Kier alpha value is -2.08. The summed E-state index contributed by atoms with van der Waals surface area (Å²) in [5.41, 5.74) is 1.09. The molecule has 0 saturated heterocycles. The van der Waals surface area contributed by atoms with Crippen molar-refractivity contribution in [2.24, 2.45) is 0 Å². The van der Waals surface area contributed by atoms with Crippen LogP contribution in [0.25, 0.3) is 0 Å². The summed E-state index contributed by atoms with van der Waals surface area (Å²) in [6, 6.07) is 9.89. The molecule has 1 unspecified atom stereocenters. The molecule has 0 saturated carbocycles. The Morgan fingerprint density at radius 1 is 1.39 bits per heavy atom. The lowest BCUT2D eigenvalue weighted by Gasteiger charge is -2.15. The zero-order valence-electron chi connectivity index (χ0n) is 13.5. The number of nitrogens with one attached hydrogen (secondary N) is 1. The van der Waals surface area contributed by atoms with Gasteiger partial charge in [0.2, 0.25) is 5.91 Å². The van der Waals surface area contributed by atoms with Crippen molar-refractivity contribution in [3.8, 4) is 0 Å². The predicted molar refractivity (Wildman–Crippen MR) is 93.2 cm³/mol. The number of amides is 1. The summed E-state index contributed by atoms with van der Waals surface area (Å²) < 4.78 is 1.96. The van der Waals surface area contributed by atoms with Gasteiger partial charge in [0.1, 0.15) is 5.82 Å². The second-order valence-electron chi connectivity index (χ2n) is 5.15. The molecule has 0 bridgehead atoms. The minimum atomic E-state index is -0.189. The van der Waals surface area contributed by atoms with Crippen molar-refractivity contribution in [3.05, 3.63) is 54.4 Å². The Labute approximate surface area is 141 Å². The maximum Gasteiger partial charge on any atom is 0.233 e. The van der Waals surface area contributed by atoms with Crippen molar-refractivity contribution in [2.75, 3.05) is 0 Å². The number of aryl methyl sites for hydroxylation is 1. The number of benzene rings is 1. The van der Waals surface area contributed by atoms with Gasteiger partial charge in [-0.15, -0.1) is 16.8 Å². The fourth-order valence-electron chi connectivity index (χ4n) is 2.14. The van der Waals surface area contributed by atoms with Crippen molar-refractivity contribution in [3.63, 3.8) is 0 Å². The van der Waals surface area contributed by atoms with Crippen LogP contribution in [0.5, 0.6) is 0 Å². The third-order valence-corrected chi connectivity index (χ3v) is 4.78. The molecule has 1 heterocycles. The highest BCUT2D eigenvalue weighted by Crippen LogP contribution is 2.24. The van der Waals surface area contributed by atoms with Crippen molar-refractivity contribution < 1.29 is 4.79 Å². The molecule has 1 aromatic carbocycles. The van der Waals surface area contributed by atoms with E-state index in [1.807, 2.05) is 48.7 Å². The molecule has 1 aromatic heterocycles. The number of carbonyl (C=O) groups excluding carboxylic acids is 1. The molecule has 122 valence electrons. The molecule has 2 rings (SSSR count). The molecule has 1 N–H and O–H groups in total. The lowest BCUT2D eigenvalue weighted by atomic mass is 10.2. The minimum absolute atomic E-state index is 0.0205. The summed E-state index contributed by atoms with van der Waals surface area (Å²) in [7, 11) is 0. The van der Waals surface area contributed by atoms with E-state index in [0.29, 0.717) is 13.1 Å². The molecule has 23 heavy (non-hydrogen) atoms. The number of allylic oxidation sites excluding steroid dienone is 1. The first kappa shape index (κ1) is 17.3. The molecule has 0 spiro atoms. The monoisotopic (exact) mass is 330 g/mol. The highest BCUT2D eigenvalue weighted by Gasteiger charge is 2.21. The summed E-state index contributed by atoms with van der Waals surface area (Å²) in [5, 5.41) is 11.8. The van der Waals surface area contributed by atoms with E-state index in [-0.39, 0.29) is 11.2 Å². The van der Waals surface area contributed by atoms with Gasteiger partial charge in [-0.25, -0.2) is 0 Å². The van der Waals surface area contributed by atoms with E-state index in [4.69, 9.17) is 0 Å². The fraction of sp³-hybridized carbons (Fsp3) is 0.353. The van der Waals surface area contributed by atoms with Gasteiger partial charge in [0.05, 0.1) is 5.25 Å². The lowest BCUT2D eigenvalue weighted by Crippen LogP contribution is -2.32. The van der Waals surface area contributed by atoms with E-state index in [1.165, 1.54) is 11.8 Å². The van der Waals surface area contributed by atoms with Crippen molar-refractivity contribution in [2.45, 2.75) is 43.8 Å². The molecule has 1 atom stereocenters. The van der Waals surface area contributed by atoms with Crippen LogP contribution in [-0.4, -0.2) is 25.9 Å². The zero-order chi connectivity index (χ0) is 16.7. The van der Waals surface area contributed by atoms with Gasteiger partial charge in [0.15, 0.2) is 5.16 Å². The van der Waals surface area contributed by atoms with Crippen LogP contribution in [-0.2, 0) is 17.9 Å². The van der Waals surface area contributed by atoms with Gasteiger partial charge in [0, 0.05) is 13.1 Å². The van der Waals surface area contributed by atoms with E-state index in [2.05, 4.69) is 22.1 Å². The summed E-state index contributed by atoms with van der Waals surface area (Å²) >= 11 is 1.45. The summed E-state index contributed by atoms with van der Waals surface area (Å²) in [4.78, 5) is 12.4. The van der Waals surface area contributed by atoms with E-state index in [0.717, 1.165) is 23.0 Å². The SMILES string of the molecule is C=CCn1c(C)nnc1SC(CC)C(=O)NCc1ccccc1. The molecule has 0 aliphatic heterocycles. The van der Waals surface area contributed by atoms with Gasteiger partial charge in [-0.1, -0.05) is 55.1 Å². The standard InChI is InChI=1S/C17H22N4OS/c1-4-11-21-13(3)19-20-17(21)23-15(5-2)16(22)18-12-14-9-7-6-8-10-14/h4,6-10,15H,1,5,11-12H2,2-3H3,(H,18,22). The number of hydrogen-bond acceptors (Lipinski definition) is 4. The minimum Gasteiger partial charge on any atom is -0.351 e. The largest absolute Gasteiger partial charge is 0.351 e. The number of carbonyl (C=O) groups is 1. The Morgan fingerprint density at radius 2 is 2.13 bits per heavy atom. The number of thioether (sulfide) groups is 1. The molecule has 5 nitrogen and oxygen atoms in total. The highest BCUT2D eigenvalue weighted by molar-refractivity contribution is 8.00. The van der Waals surface area contributed by atoms with Gasteiger partial charge < -0.3 is 9.88 Å². The Morgan fingerprint density at radius 3 is 2.78 bits per heavy atom. The van der Waals surface area contributed by atoms with Crippen LogP contribution in [0.1, 0.15) is 24.7 Å². The normalized spacial score (nSPS) is 11.9. The Balaban J connectivity index is 1.99. The average Bonchev–Trinajstić information content (AvgIpc) is 2.92. The summed E-state index contributed by atoms with van der Waals surface area (Å²) in [6.45, 7) is 8.83. The van der Waals surface area contributed by atoms with Gasteiger partial charge in [-0.2, -0.15) is 0 Å². The molecular formula is C17H22N4OS. The molecule has 0 radical (unpaired) electrons. The van der Waals surface area contributed by atoms with Crippen LogP contribution in [0.15, 0.2) is 48.1 Å². The third kappa shape index (κ3) is 4.69. The predicted octanol–water partition coefficient (Wildman–Crippen LogP) is 2.96. The maximum atomic E-state index is 12.4.